The first-order valence-corrected chi connectivity index (χ1v) is 13.2. The Balaban J connectivity index is 1.28. The van der Waals surface area contributed by atoms with Crippen molar-refractivity contribution in [3.63, 3.8) is 0 Å². The van der Waals surface area contributed by atoms with E-state index in [1.807, 2.05) is 31.2 Å². The van der Waals surface area contributed by atoms with Crippen molar-refractivity contribution in [2.75, 3.05) is 5.32 Å². The number of aryl methyl sites for hydroxylation is 2. The number of nitrogens with one attached hydrogen (secondary N) is 2. The van der Waals surface area contributed by atoms with Gasteiger partial charge in [0.15, 0.2) is 10.9 Å². The number of fused-ring (bicyclic) bond motifs is 1. The van der Waals surface area contributed by atoms with Gasteiger partial charge in [0, 0.05) is 11.8 Å². The van der Waals surface area contributed by atoms with Crippen molar-refractivity contribution >= 4 is 45.6 Å². The topological polar surface area (TPSA) is 128 Å². The highest BCUT2D eigenvalue weighted by molar-refractivity contribution is 7.80. The molecule has 0 aliphatic carbocycles. The molecule has 5 aromatic rings. The number of benzene rings is 3. The molecule has 3 aromatic carbocycles. The molecule has 202 valence electrons. The third-order valence-electron chi connectivity index (χ3n) is 6.38. The molecule has 10 nitrogen and oxygen atoms in total. The minimum atomic E-state index is -0.589. The maximum absolute atomic E-state index is 12.8. The van der Waals surface area contributed by atoms with Crippen LogP contribution in [0.25, 0.3) is 28.0 Å². The van der Waals surface area contributed by atoms with Crippen LogP contribution in [0.2, 0.25) is 0 Å². The molecule has 5 rings (SSSR count). The zero-order chi connectivity index (χ0) is 28.2. The molecule has 0 atom stereocenters. The Labute approximate surface area is 235 Å². The third kappa shape index (κ3) is 5.74. The Hall–Kier alpha value is -4.90. The van der Waals surface area contributed by atoms with Gasteiger partial charge in [-0.05, 0) is 85.6 Å². The lowest BCUT2D eigenvalue weighted by atomic mass is 10.1. The molecular weight excluding hydrogens is 528 g/mol. The summed E-state index contributed by atoms with van der Waals surface area (Å²) in [5, 5.41) is 26.2. The summed E-state index contributed by atoms with van der Waals surface area (Å²) in [7, 11) is 0. The molecule has 40 heavy (non-hydrogen) atoms. The molecule has 11 heteroatoms. The molecule has 2 N–H and O–H groups in total. The summed E-state index contributed by atoms with van der Waals surface area (Å²) in [5.41, 5.74) is 5.23. The number of nitro benzene ring substituents is 1. The highest BCUT2D eigenvalue weighted by Crippen LogP contribution is 2.31. The molecule has 0 aliphatic rings. The smallest absolute Gasteiger partial charge is 0.293 e. The lowest BCUT2D eigenvalue weighted by Crippen LogP contribution is -2.34. The van der Waals surface area contributed by atoms with E-state index in [1.165, 1.54) is 23.8 Å². The lowest BCUT2D eigenvalue weighted by molar-refractivity contribution is -0.384. The summed E-state index contributed by atoms with van der Waals surface area (Å²) in [6.07, 6.45) is 3.36. The second-order valence-corrected chi connectivity index (χ2v) is 9.67. The molecule has 0 aliphatic heterocycles. The maximum Gasteiger partial charge on any atom is 0.293 e. The van der Waals surface area contributed by atoms with Gasteiger partial charge < -0.3 is 9.73 Å². The van der Waals surface area contributed by atoms with Crippen LogP contribution in [0.4, 0.5) is 11.4 Å². The molecule has 0 radical (unpaired) electrons. The average molecular weight is 555 g/mol. The number of thiocarbonyl (C=S) groups is 1. The van der Waals surface area contributed by atoms with E-state index in [4.69, 9.17) is 16.6 Å². The summed E-state index contributed by atoms with van der Waals surface area (Å²) < 4.78 is 5.60. The van der Waals surface area contributed by atoms with Crippen molar-refractivity contribution in [3.05, 3.63) is 99.8 Å². The first-order chi connectivity index (χ1) is 19.3. The van der Waals surface area contributed by atoms with Gasteiger partial charge in [-0.25, -0.2) is 0 Å². The second kappa shape index (κ2) is 11.5. The molecule has 0 unspecified atom stereocenters. The van der Waals surface area contributed by atoms with Crippen molar-refractivity contribution < 1.29 is 14.1 Å². The molecule has 2 aromatic heterocycles. The fraction of sp³-hybridized carbons (Fsp3) is 0.172. The minimum Gasteiger partial charge on any atom is -0.451 e. The van der Waals surface area contributed by atoms with Gasteiger partial charge in [-0.15, -0.1) is 10.2 Å². The van der Waals surface area contributed by atoms with Gasteiger partial charge >= 0.3 is 0 Å². The number of hydrogen-bond donors (Lipinski definition) is 2. The first-order valence-electron chi connectivity index (χ1n) is 12.8. The van der Waals surface area contributed by atoms with Gasteiger partial charge in [0.2, 0.25) is 0 Å². The third-order valence-corrected chi connectivity index (χ3v) is 6.59. The van der Waals surface area contributed by atoms with E-state index in [1.54, 1.807) is 23.0 Å². The number of anilines is 1. The van der Waals surface area contributed by atoms with E-state index < -0.39 is 10.8 Å². The highest BCUT2D eigenvalue weighted by Gasteiger charge is 2.20. The number of unbranched alkanes of at least 4 members (excludes halogenated alkanes) is 1. The number of nitrogens with zero attached hydrogens (tertiary/aromatic N) is 4. The van der Waals surface area contributed by atoms with Crippen molar-refractivity contribution in [1.29, 1.82) is 0 Å². The standard InChI is InChI=1S/C29H26N6O4S/c1-3-4-7-19-10-12-20(13-11-19)34-32-23-16-18(2)22(17-24(23)33-34)30-29(40)31-28(36)27-15-14-26(39-27)21-8-5-6-9-25(21)35(37)38/h5-6,8-17H,3-4,7H2,1-2H3,(H2,30,31,36,40). The molecule has 2 heterocycles. The van der Waals surface area contributed by atoms with Crippen LogP contribution >= 0.6 is 12.2 Å². The fourth-order valence-corrected chi connectivity index (χ4v) is 4.46. The minimum absolute atomic E-state index is 0.0341. The van der Waals surface area contributed by atoms with Gasteiger partial charge in [-0.3, -0.25) is 20.2 Å². The molecule has 0 saturated carbocycles. The number of aromatic nitrogens is 3. The largest absolute Gasteiger partial charge is 0.451 e. The summed E-state index contributed by atoms with van der Waals surface area (Å²) in [6.45, 7) is 4.08. The number of amides is 1. The molecular formula is C29H26N6O4S. The zero-order valence-corrected chi connectivity index (χ0v) is 22.7. The highest BCUT2D eigenvalue weighted by atomic mass is 32.1. The predicted octanol–water partition coefficient (Wildman–Crippen LogP) is 6.37. The van der Waals surface area contributed by atoms with Crippen LogP contribution in [0.1, 0.15) is 41.4 Å². The van der Waals surface area contributed by atoms with E-state index in [2.05, 4.69) is 39.9 Å². The van der Waals surface area contributed by atoms with E-state index in [0.717, 1.165) is 36.0 Å². The lowest BCUT2D eigenvalue weighted by Gasteiger charge is -2.10. The second-order valence-electron chi connectivity index (χ2n) is 9.26. The van der Waals surface area contributed by atoms with Crippen LogP contribution in [0.5, 0.6) is 0 Å². The van der Waals surface area contributed by atoms with Crippen molar-refractivity contribution in [3.8, 4) is 17.0 Å². The zero-order valence-electron chi connectivity index (χ0n) is 21.9. The Morgan fingerprint density at radius 2 is 1.77 bits per heavy atom. The van der Waals surface area contributed by atoms with Crippen LogP contribution < -0.4 is 10.6 Å². The molecule has 0 spiro atoms. The Morgan fingerprint density at radius 3 is 2.50 bits per heavy atom. The van der Waals surface area contributed by atoms with Crippen LogP contribution in [-0.2, 0) is 6.42 Å². The van der Waals surface area contributed by atoms with E-state index in [9.17, 15) is 14.9 Å². The van der Waals surface area contributed by atoms with Gasteiger partial charge in [-0.1, -0.05) is 37.6 Å². The van der Waals surface area contributed by atoms with Gasteiger partial charge in [-0.2, -0.15) is 4.80 Å². The number of carbonyl (C=O) groups excluding carboxylic acids is 1. The fourth-order valence-electron chi connectivity index (χ4n) is 4.26. The van der Waals surface area contributed by atoms with E-state index in [0.29, 0.717) is 11.2 Å². The number of furan rings is 1. The first kappa shape index (κ1) is 26.7. The van der Waals surface area contributed by atoms with Crippen molar-refractivity contribution in [1.82, 2.24) is 20.3 Å². The monoisotopic (exact) mass is 554 g/mol. The molecule has 0 fully saturated rings. The van der Waals surface area contributed by atoms with Gasteiger partial charge in [0.05, 0.1) is 16.2 Å². The average Bonchev–Trinajstić information content (AvgIpc) is 3.60. The molecule has 1 amide bonds. The van der Waals surface area contributed by atoms with Crippen LogP contribution in [-0.4, -0.2) is 30.9 Å². The molecule has 0 bridgehead atoms. The van der Waals surface area contributed by atoms with Crippen molar-refractivity contribution in [2.24, 2.45) is 0 Å². The maximum atomic E-state index is 12.8. The van der Waals surface area contributed by atoms with Crippen LogP contribution in [0.3, 0.4) is 0 Å². The normalized spacial score (nSPS) is 10.9. The van der Waals surface area contributed by atoms with Crippen LogP contribution in [0, 0.1) is 17.0 Å². The van der Waals surface area contributed by atoms with Gasteiger partial charge in [0.1, 0.15) is 16.8 Å². The predicted molar refractivity (Wildman–Crippen MR) is 157 cm³/mol. The molecule has 0 saturated heterocycles. The summed E-state index contributed by atoms with van der Waals surface area (Å²) in [5.74, 6) is -0.418. The number of para-hydroxylation sites is 1. The Bertz CT molecular complexity index is 1720. The summed E-state index contributed by atoms with van der Waals surface area (Å²) >= 11 is 5.36. The Kier molecular flexibility index (Phi) is 7.65. The van der Waals surface area contributed by atoms with E-state index in [-0.39, 0.29) is 27.9 Å². The Morgan fingerprint density at radius 1 is 1.05 bits per heavy atom. The SMILES string of the molecule is CCCCc1ccc(-n2nc3cc(C)c(NC(=S)NC(=O)c4ccc(-c5ccccc5[N+](=O)[O-])o4)cc3n2)cc1. The van der Waals surface area contributed by atoms with Gasteiger partial charge in [0.25, 0.3) is 11.6 Å². The van der Waals surface area contributed by atoms with Crippen LogP contribution in [0.15, 0.2) is 77.2 Å². The number of rotatable bonds is 8. The van der Waals surface area contributed by atoms with Crippen molar-refractivity contribution in [2.45, 2.75) is 33.1 Å². The number of hydrogen-bond acceptors (Lipinski definition) is 7. The quantitative estimate of drug-likeness (QED) is 0.129. The van der Waals surface area contributed by atoms with E-state index >= 15 is 0 Å². The summed E-state index contributed by atoms with van der Waals surface area (Å²) in [4.78, 5) is 25.2. The summed E-state index contributed by atoms with van der Waals surface area (Å²) in [6, 6.07) is 21.0. The number of carbonyl (C=O) groups is 1. The number of nitro groups is 1.